The Bertz CT molecular complexity index is 298. The molecule has 0 aromatic heterocycles. The maximum Gasteiger partial charge on any atom is 0.160 e. The average molecular weight is 298 g/mol. The molecule has 1 heterocycles. The van der Waals surface area contributed by atoms with Crippen molar-refractivity contribution < 1.29 is 13.9 Å². The molecule has 2 aliphatic carbocycles. The Labute approximate surface area is 128 Å². The Hall–Kier alpha value is -0.150. The van der Waals surface area contributed by atoms with E-state index in [9.17, 15) is 4.39 Å². The molecular weight excluding hydrogens is 267 g/mol. The van der Waals surface area contributed by atoms with Crippen molar-refractivity contribution in [2.75, 3.05) is 19.9 Å². The van der Waals surface area contributed by atoms with Gasteiger partial charge in [0.1, 0.15) is 0 Å². The molecule has 0 bridgehead atoms. The molecule has 0 atom stereocenters. The van der Waals surface area contributed by atoms with E-state index < -0.39 is 0 Å². The molecule has 21 heavy (non-hydrogen) atoms. The first-order valence-corrected chi connectivity index (χ1v) is 9.05. The normalized spacial score (nSPS) is 45.4. The number of rotatable bonds is 3. The van der Waals surface area contributed by atoms with Crippen LogP contribution in [0.2, 0.25) is 0 Å². The van der Waals surface area contributed by atoms with E-state index in [1.807, 2.05) is 0 Å². The Balaban J connectivity index is 1.41. The van der Waals surface area contributed by atoms with Gasteiger partial charge in [0.05, 0.1) is 19.9 Å². The molecule has 122 valence electrons. The Morgan fingerprint density at radius 1 is 0.762 bits per heavy atom. The molecule has 0 aromatic carbocycles. The van der Waals surface area contributed by atoms with Gasteiger partial charge >= 0.3 is 0 Å². The van der Waals surface area contributed by atoms with E-state index in [2.05, 4.69) is 6.92 Å². The first-order valence-electron chi connectivity index (χ1n) is 9.05. The summed E-state index contributed by atoms with van der Waals surface area (Å²) in [6.07, 6.45) is 9.99. The lowest BCUT2D eigenvalue weighted by Crippen LogP contribution is -2.38. The van der Waals surface area contributed by atoms with E-state index in [1.54, 1.807) is 0 Å². The minimum Gasteiger partial charge on any atom is -0.352 e. The van der Waals surface area contributed by atoms with Crippen molar-refractivity contribution in [2.45, 2.75) is 64.6 Å². The highest BCUT2D eigenvalue weighted by molar-refractivity contribution is 4.83. The number of ether oxygens (including phenoxy) is 2. The van der Waals surface area contributed by atoms with E-state index in [0.717, 1.165) is 37.9 Å². The van der Waals surface area contributed by atoms with Crippen LogP contribution in [0.15, 0.2) is 0 Å². The van der Waals surface area contributed by atoms with E-state index in [0.29, 0.717) is 17.8 Å². The molecule has 0 amide bonds. The summed E-state index contributed by atoms with van der Waals surface area (Å²) in [6, 6.07) is 0. The molecule has 1 saturated heterocycles. The van der Waals surface area contributed by atoms with Gasteiger partial charge < -0.3 is 9.47 Å². The van der Waals surface area contributed by atoms with Crippen molar-refractivity contribution in [2.24, 2.45) is 29.6 Å². The third kappa shape index (κ3) is 3.98. The zero-order valence-electron chi connectivity index (χ0n) is 13.4. The van der Waals surface area contributed by atoms with Crippen molar-refractivity contribution >= 4 is 0 Å². The van der Waals surface area contributed by atoms with Crippen LogP contribution in [0, 0.1) is 29.6 Å². The minimum absolute atomic E-state index is 0.0597. The van der Waals surface area contributed by atoms with Crippen molar-refractivity contribution in [1.29, 1.82) is 0 Å². The van der Waals surface area contributed by atoms with Crippen LogP contribution in [-0.2, 0) is 9.47 Å². The molecule has 3 aliphatic rings. The molecule has 2 nitrogen and oxygen atoms in total. The highest BCUT2D eigenvalue weighted by Gasteiger charge is 2.35. The average Bonchev–Trinajstić information content (AvgIpc) is 2.56. The molecule has 3 rings (SSSR count). The fourth-order valence-corrected chi connectivity index (χ4v) is 4.59. The van der Waals surface area contributed by atoms with Crippen LogP contribution in [0.4, 0.5) is 4.39 Å². The van der Waals surface area contributed by atoms with E-state index in [-0.39, 0.29) is 13.0 Å². The van der Waals surface area contributed by atoms with Gasteiger partial charge in [-0.05, 0) is 69.1 Å². The van der Waals surface area contributed by atoms with E-state index >= 15 is 0 Å². The number of hydrogen-bond donors (Lipinski definition) is 0. The molecule has 0 unspecified atom stereocenters. The second-order valence-electron chi connectivity index (χ2n) is 7.75. The lowest BCUT2D eigenvalue weighted by atomic mass is 9.69. The van der Waals surface area contributed by atoms with Crippen molar-refractivity contribution in [3.63, 3.8) is 0 Å². The molecule has 1 aliphatic heterocycles. The second-order valence-corrected chi connectivity index (χ2v) is 7.75. The van der Waals surface area contributed by atoms with Crippen molar-refractivity contribution in [1.82, 2.24) is 0 Å². The van der Waals surface area contributed by atoms with E-state index in [4.69, 9.17) is 9.47 Å². The Morgan fingerprint density at radius 3 is 1.76 bits per heavy atom. The van der Waals surface area contributed by atoms with Gasteiger partial charge in [-0.3, -0.25) is 4.39 Å². The van der Waals surface area contributed by atoms with Gasteiger partial charge in [0.25, 0.3) is 0 Å². The van der Waals surface area contributed by atoms with Gasteiger partial charge in [0.2, 0.25) is 0 Å². The standard InChI is InChI=1S/C18H31FO2/c1-13-11-20-18(21-12-13)17-8-6-16(7-9-17)15-4-2-14(10-19)3-5-15/h13-18H,2-12H2,1H3. The zero-order chi connectivity index (χ0) is 14.7. The van der Waals surface area contributed by atoms with Crippen LogP contribution in [0.3, 0.4) is 0 Å². The molecular formula is C18H31FO2. The highest BCUT2D eigenvalue weighted by atomic mass is 19.1. The zero-order valence-corrected chi connectivity index (χ0v) is 13.4. The van der Waals surface area contributed by atoms with Gasteiger partial charge in [-0.1, -0.05) is 6.92 Å². The highest BCUT2D eigenvalue weighted by Crippen LogP contribution is 2.42. The largest absolute Gasteiger partial charge is 0.352 e. The topological polar surface area (TPSA) is 18.5 Å². The van der Waals surface area contributed by atoms with Crippen LogP contribution >= 0.6 is 0 Å². The maximum absolute atomic E-state index is 12.7. The van der Waals surface area contributed by atoms with Gasteiger partial charge in [-0.15, -0.1) is 0 Å². The van der Waals surface area contributed by atoms with E-state index in [1.165, 1.54) is 38.5 Å². The smallest absolute Gasteiger partial charge is 0.160 e. The molecule has 0 radical (unpaired) electrons. The molecule has 0 aromatic rings. The van der Waals surface area contributed by atoms with Crippen LogP contribution in [-0.4, -0.2) is 26.2 Å². The monoisotopic (exact) mass is 298 g/mol. The van der Waals surface area contributed by atoms with Crippen LogP contribution < -0.4 is 0 Å². The van der Waals surface area contributed by atoms with Crippen LogP contribution in [0.1, 0.15) is 58.3 Å². The minimum atomic E-state index is -0.103. The van der Waals surface area contributed by atoms with Gasteiger partial charge in [0, 0.05) is 11.8 Å². The third-order valence-electron chi connectivity index (χ3n) is 6.07. The van der Waals surface area contributed by atoms with Gasteiger partial charge in [-0.25, -0.2) is 0 Å². The van der Waals surface area contributed by atoms with Crippen molar-refractivity contribution in [3.8, 4) is 0 Å². The maximum atomic E-state index is 12.7. The first kappa shape index (κ1) is 15.7. The van der Waals surface area contributed by atoms with Gasteiger partial charge in [-0.2, -0.15) is 0 Å². The lowest BCUT2D eigenvalue weighted by molar-refractivity contribution is -0.227. The summed E-state index contributed by atoms with van der Waals surface area (Å²) in [6.45, 7) is 3.80. The molecule has 0 spiro atoms. The summed E-state index contributed by atoms with van der Waals surface area (Å²) in [5.74, 6) is 3.26. The summed E-state index contributed by atoms with van der Waals surface area (Å²) in [5.41, 5.74) is 0. The summed E-state index contributed by atoms with van der Waals surface area (Å²) >= 11 is 0. The Morgan fingerprint density at radius 2 is 1.24 bits per heavy atom. The fourth-order valence-electron chi connectivity index (χ4n) is 4.59. The SMILES string of the molecule is CC1COC(C2CCC(C3CCC(CF)CC3)CC2)OC1. The molecule has 2 saturated carbocycles. The fraction of sp³-hybridized carbons (Fsp3) is 1.00. The van der Waals surface area contributed by atoms with Crippen LogP contribution in [0.25, 0.3) is 0 Å². The predicted molar refractivity (Wildman–Crippen MR) is 81.7 cm³/mol. The summed E-state index contributed by atoms with van der Waals surface area (Å²) in [4.78, 5) is 0. The molecule has 0 N–H and O–H groups in total. The molecule has 3 fully saturated rings. The predicted octanol–water partition coefficient (Wildman–Crippen LogP) is 4.58. The quantitative estimate of drug-likeness (QED) is 0.759. The van der Waals surface area contributed by atoms with Crippen LogP contribution in [0.5, 0.6) is 0 Å². The lowest BCUT2D eigenvalue weighted by Gasteiger charge is -2.40. The number of halogens is 1. The second kappa shape index (κ2) is 7.41. The number of hydrogen-bond acceptors (Lipinski definition) is 2. The third-order valence-corrected chi connectivity index (χ3v) is 6.07. The Kier molecular flexibility index (Phi) is 5.55. The molecule has 3 heteroatoms. The summed E-state index contributed by atoms with van der Waals surface area (Å²) < 4.78 is 24.5. The number of alkyl halides is 1. The first-order chi connectivity index (χ1) is 10.3. The summed E-state index contributed by atoms with van der Waals surface area (Å²) in [5, 5.41) is 0. The van der Waals surface area contributed by atoms with Gasteiger partial charge in [0.15, 0.2) is 6.29 Å². The van der Waals surface area contributed by atoms with Crippen molar-refractivity contribution in [3.05, 3.63) is 0 Å². The summed E-state index contributed by atoms with van der Waals surface area (Å²) in [7, 11) is 0.